The Hall–Kier alpha value is -2.28. The van der Waals surface area contributed by atoms with Crippen LogP contribution in [-0.2, 0) is 11.2 Å². The predicted octanol–water partition coefficient (Wildman–Crippen LogP) is 2.46. The van der Waals surface area contributed by atoms with E-state index in [0.29, 0.717) is 5.82 Å². The lowest BCUT2D eigenvalue weighted by Gasteiger charge is -2.32. The summed E-state index contributed by atoms with van der Waals surface area (Å²) >= 11 is 0. The summed E-state index contributed by atoms with van der Waals surface area (Å²) in [7, 11) is 0. The van der Waals surface area contributed by atoms with Crippen LogP contribution in [0.15, 0.2) is 24.3 Å². The normalized spacial score (nSPS) is 19.7. The average molecular weight is 371 g/mol. The third-order valence-corrected chi connectivity index (χ3v) is 5.52. The van der Waals surface area contributed by atoms with Crippen molar-refractivity contribution in [2.24, 2.45) is 11.7 Å². The van der Waals surface area contributed by atoms with Gasteiger partial charge in [0.1, 0.15) is 5.78 Å². The maximum atomic E-state index is 12.2. The monoisotopic (exact) mass is 370 g/mol. The van der Waals surface area contributed by atoms with Gasteiger partial charge in [-0.2, -0.15) is 5.21 Å². The Labute approximate surface area is 160 Å². The third-order valence-electron chi connectivity index (χ3n) is 5.52. The van der Waals surface area contributed by atoms with E-state index in [0.717, 1.165) is 45.2 Å². The smallest absolute Gasteiger partial charge is 0.178 e. The summed E-state index contributed by atoms with van der Waals surface area (Å²) in [6, 6.07) is 8.86. The first-order chi connectivity index (χ1) is 13.1. The summed E-state index contributed by atoms with van der Waals surface area (Å²) in [6.07, 6.45) is 4.75. The molecule has 1 saturated heterocycles. The number of Topliss-reactive ketones (excluding diaryl/α,β-unsaturated/α-hetero) is 1. The van der Waals surface area contributed by atoms with Gasteiger partial charge in [-0.25, -0.2) is 0 Å². The molecule has 1 aromatic heterocycles. The highest BCUT2D eigenvalue weighted by Crippen LogP contribution is 2.31. The number of hydrogen-bond acceptors (Lipinski definition) is 6. The maximum absolute atomic E-state index is 12.2. The Kier molecular flexibility index (Phi) is 6.55. The molecule has 1 aliphatic rings. The van der Waals surface area contributed by atoms with Gasteiger partial charge in [-0.3, -0.25) is 4.79 Å². The van der Waals surface area contributed by atoms with E-state index in [1.165, 1.54) is 11.3 Å². The third kappa shape index (κ3) is 4.91. The number of piperidine rings is 1. The lowest BCUT2D eigenvalue weighted by Crippen LogP contribution is -2.42. The zero-order valence-electron chi connectivity index (χ0n) is 16.3. The molecule has 1 aliphatic heterocycles. The Morgan fingerprint density at radius 1 is 1.37 bits per heavy atom. The second-order valence-electron chi connectivity index (χ2n) is 7.60. The summed E-state index contributed by atoms with van der Waals surface area (Å²) in [6.45, 7) is 5.73. The van der Waals surface area contributed by atoms with E-state index in [-0.39, 0.29) is 23.7 Å². The van der Waals surface area contributed by atoms with Gasteiger partial charge in [0.2, 0.25) is 0 Å². The van der Waals surface area contributed by atoms with Crippen LogP contribution in [-0.4, -0.2) is 45.5 Å². The number of ketones is 1. The Morgan fingerprint density at radius 3 is 2.74 bits per heavy atom. The molecule has 0 aliphatic carbocycles. The molecule has 2 heterocycles. The first kappa shape index (κ1) is 19.5. The molecular weight excluding hydrogens is 340 g/mol. The van der Waals surface area contributed by atoms with Crippen LogP contribution in [0.2, 0.25) is 0 Å². The molecule has 7 heteroatoms. The molecule has 0 saturated carbocycles. The molecule has 3 atom stereocenters. The quantitative estimate of drug-likeness (QED) is 0.740. The van der Waals surface area contributed by atoms with Crippen LogP contribution < -0.4 is 10.6 Å². The van der Waals surface area contributed by atoms with Crippen molar-refractivity contribution in [2.45, 2.75) is 57.9 Å². The van der Waals surface area contributed by atoms with E-state index in [1.54, 1.807) is 6.92 Å². The summed E-state index contributed by atoms with van der Waals surface area (Å²) < 4.78 is 0. The van der Waals surface area contributed by atoms with Crippen LogP contribution >= 0.6 is 0 Å². The van der Waals surface area contributed by atoms with Crippen molar-refractivity contribution < 1.29 is 4.79 Å². The van der Waals surface area contributed by atoms with Gasteiger partial charge < -0.3 is 10.6 Å². The fourth-order valence-corrected chi connectivity index (χ4v) is 4.08. The number of nitrogens with one attached hydrogen (secondary N) is 1. The molecule has 0 amide bonds. The summed E-state index contributed by atoms with van der Waals surface area (Å²) in [4.78, 5) is 14.6. The van der Waals surface area contributed by atoms with Gasteiger partial charge >= 0.3 is 0 Å². The summed E-state index contributed by atoms with van der Waals surface area (Å²) in [5.41, 5.74) is 8.49. The van der Waals surface area contributed by atoms with Crippen molar-refractivity contribution in [3.63, 3.8) is 0 Å². The minimum Gasteiger partial charge on any atom is -0.370 e. The maximum Gasteiger partial charge on any atom is 0.178 e. The van der Waals surface area contributed by atoms with Gasteiger partial charge in [-0.1, -0.05) is 30.7 Å². The highest BCUT2D eigenvalue weighted by molar-refractivity contribution is 5.79. The first-order valence-electron chi connectivity index (χ1n) is 9.91. The minimum absolute atomic E-state index is 0.0598. The van der Waals surface area contributed by atoms with Crippen molar-refractivity contribution in [1.29, 1.82) is 0 Å². The fraction of sp³-hybridized carbons (Fsp3) is 0.600. The fourth-order valence-electron chi connectivity index (χ4n) is 4.08. The molecule has 3 rings (SSSR count). The van der Waals surface area contributed by atoms with Crippen molar-refractivity contribution in [2.75, 3.05) is 18.0 Å². The van der Waals surface area contributed by atoms with E-state index in [4.69, 9.17) is 5.73 Å². The van der Waals surface area contributed by atoms with Gasteiger partial charge in [0.15, 0.2) is 5.82 Å². The minimum atomic E-state index is -0.0904. The summed E-state index contributed by atoms with van der Waals surface area (Å²) in [5, 5.41) is 14.6. The van der Waals surface area contributed by atoms with Gasteiger partial charge in [0.25, 0.3) is 0 Å². The number of rotatable bonds is 8. The molecule has 1 aromatic carbocycles. The highest BCUT2D eigenvalue weighted by Gasteiger charge is 2.30. The Morgan fingerprint density at radius 2 is 2.15 bits per heavy atom. The van der Waals surface area contributed by atoms with Crippen molar-refractivity contribution in [3.8, 4) is 0 Å². The molecule has 0 spiro atoms. The Balaban J connectivity index is 1.76. The standard InChI is InChI=1S/C20H30N6O/c1-3-5-18(14(2)27)19(20-22-24-25-23-20)12-15-7-9-17(10-8-15)26-11-4-6-16(21)13-26/h7-10,16,18-19H,3-6,11-13,21H2,1-2H3,(H,22,23,24,25)/t16-,18-,19+/m1/s1. The first-order valence-corrected chi connectivity index (χ1v) is 9.91. The summed E-state index contributed by atoms with van der Waals surface area (Å²) in [5.74, 6) is 0.656. The van der Waals surface area contributed by atoms with Crippen LogP contribution in [0.4, 0.5) is 5.69 Å². The molecule has 0 bridgehead atoms. The lowest BCUT2D eigenvalue weighted by molar-refractivity contribution is -0.121. The van der Waals surface area contributed by atoms with Crippen molar-refractivity contribution in [3.05, 3.63) is 35.7 Å². The molecule has 146 valence electrons. The molecule has 1 fully saturated rings. The highest BCUT2D eigenvalue weighted by atomic mass is 16.1. The van der Waals surface area contributed by atoms with Crippen molar-refractivity contribution >= 4 is 11.5 Å². The predicted molar refractivity (Wildman–Crippen MR) is 106 cm³/mol. The lowest BCUT2D eigenvalue weighted by atomic mass is 9.81. The number of aromatic nitrogens is 4. The van der Waals surface area contributed by atoms with Crippen LogP contribution in [0.25, 0.3) is 0 Å². The Bertz CT molecular complexity index is 715. The van der Waals surface area contributed by atoms with E-state index in [9.17, 15) is 4.79 Å². The van der Waals surface area contributed by atoms with Gasteiger partial charge in [-0.05, 0) is 50.3 Å². The average Bonchev–Trinajstić information content (AvgIpc) is 3.19. The van der Waals surface area contributed by atoms with E-state index in [2.05, 4.69) is 56.7 Å². The molecule has 0 unspecified atom stereocenters. The van der Waals surface area contributed by atoms with Crippen molar-refractivity contribution in [1.82, 2.24) is 20.6 Å². The topological polar surface area (TPSA) is 101 Å². The number of benzene rings is 1. The van der Waals surface area contributed by atoms with E-state index in [1.807, 2.05) is 0 Å². The van der Waals surface area contributed by atoms with Crippen LogP contribution in [0.5, 0.6) is 0 Å². The van der Waals surface area contributed by atoms with Crippen LogP contribution in [0, 0.1) is 5.92 Å². The number of nitrogens with two attached hydrogens (primary N) is 1. The molecule has 2 aromatic rings. The largest absolute Gasteiger partial charge is 0.370 e. The number of aromatic amines is 1. The zero-order chi connectivity index (χ0) is 19.2. The second kappa shape index (κ2) is 9.08. The van der Waals surface area contributed by atoms with E-state index >= 15 is 0 Å². The number of tetrazole rings is 1. The molecule has 0 radical (unpaired) electrons. The number of carbonyl (C=O) groups excluding carboxylic acids is 1. The van der Waals surface area contributed by atoms with E-state index < -0.39 is 0 Å². The second-order valence-corrected chi connectivity index (χ2v) is 7.60. The number of H-pyrrole nitrogens is 1. The van der Waals surface area contributed by atoms with Gasteiger partial charge in [-0.15, -0.1) is 10.2 Å². The number of hydrogen-bond donors (Lipinski definition) is 2. The molecule has 7 nitrogen and oxygen atoms in total. The van der Waals surface area contributed by atoms with Gasteiger partial charge in [0.05, 0.1) is 0 Å². The zero-order valence-corrected chi connectivity index (χ0v) is 16.3. The number of carbonyl (C=O) groups is 1. The molecular formula is C20H30N6O. The van der Waals surface area contributed by atoms with Crippen LogP contribution in [0.3, 0.4) is 0 Å². The number of nitrogens with zero attached hydrogens (tertiary/aromatic N) is 4. The van der Waals surface area contributed by atoms with Crippen LogP contribution in [0.1, 0.15) is 56.8 Å². The van der Waals surface area contributed by atoms with Gasteiger partial charge in [0, 0.05) is 36.7 Å². The SMILES string of the molecule is CCC[C@H](C(C)=O)[C@H](Cc1ccc(N2CCC[C@@H](N)C2)cc1)c1nn[nH]n1. The number of anilines is 1. The molecule has 27 heavy (non-hydrogen) atoms. The molecule has 3 N–H and O–H groups in total.